The minimum Gasteiger partial charge on any atom is -0.345 e. The number of carbonyl (C=O) groups excluding carboxylic acids is 1. The normalized spacial score (nSPS) is 12.2. The molecule has 0 fully saturated rings. The van der Waals surface area contributed by atoms with Crippen LogP contribution in [0.5, 0.6) is 0 Å². The predicted molar refractivity (Wildman–Crippen MR) is 93.8 cm³/mol. The van der Waals surface area contributed by atoms with Gasteiger partial charge in [-0.25, -0.2) is 4.39 Å². The van der Waals surface area contributed by atoms with Crippen LogP contribution in [0, 0.1) is 12.7 Å². The Labute approximate surface area is 144 Å². The average molecular weight is 343 g/mol. The standard InChI is InChI=1S/C19H16ClFN2O/c1-11(13-3-6-16(21)7-4-13)23-19(24)17-10-14-9-15(20)5-8-18(14)22-12(17)2/h3-11H,1-2H3,(H,23,24). The van der Waals surface area contributed by atoms with E-state index in [9.17, 15) is 9.18 Å². The molecule has 3 aromatic rings. The lowest BCUT2D eigenvalue weighted by Crippen LogP contribution is -2.27. The second kappa shape index (κ2) is 6.57. The highest BCUT2D eigenvalue weighted by atomic mass is 35.5. The average Bonchev–Trinajstić information content (AvgIpc) is 2.55. The number of pyridine rings is 1. The van der Waals surface area contributed by atoms with Crippen molar-refractivity contribution in [2.75, 3.05) is 0 Å². The molecule has 1 N–H and O–H groups in total. The lowest BCUT2D eigenvalue weighted by Gasteiger charge is -2.15. The lowest BCUT2D eigenvalue weighted by molar-refractivity contribution is 0.0939. The molecule has 0 bridgehead atoms. The summed E-state index contributed by atoms with van der Waals surface area (Å²) < 4.78 is 13.0. The molecule has 0 spiro atoms. The third-order valence-electron chi connectivity index (χ3n) is 3.93. The van der Waals surface area contributed by atoms with Gasteiger partial charge in [-0.15, -0.1) is 0 Å². The highest BCUT2D eigenvalue weighted by Crippen LogP contribution is 2.21. The van der Waals surface area contributed by atoms with Gasteiger partial charge < -0.3 is 5.32 Å². The van der Waals surface area contributed by atoms with E-state index in [1.54, 1.807) is 37.3 Å². The number of nitrogens with zero attached hydrogens (tertiary/aromatic N) is 1. The zero-order chi connectivity index (χ0) is 17.3. The number of amides is 1. The quantitative estimate of drug-likeness (QED) is 0.741. The van der Waals surface area contributed by atoms with E-state index in [0.717, 1.165) is 16.5 Å². The van der Waals surface area contributed by atoms with Crippen molar-refractivity contribution >= 4 is 28.4 Å². The fourth-order valence-electron chi connectivity index (χ4n) is 2.58. The second-order valence-electron chi connectivity index (χ2n) is 5.71. The number of fused-ring (bicyclic) bond motifs is 1. The highest BCUT2D eigenvalue weighted by molar-refractivity contribution is 6.31. The van der Waals surface area contributed by atoms with Crippen LogP contribution in [0.25, 0.3) is 10.9 Å². The van der Waals surface area contributed by atoms with Crippen molar-refractivity contribution in [2.45, 2.75) is 19.9 Å². The number of benzene rings is 2. The van der Waals surface area contributed by atoms with Crippen molar-refractivity contribution < 1.29 is 9.18 Å². The van der Waals surface area contributed by atoms with Gasteiger partial charge in [-0.3, -0.25) is 9.78 Å². The maximum Gasteiger partial charge on any atom is 0.253 e. The maximum atomic E-state index is 13.0. The maximum absolute atomic E-state index is 13.0. The van der Waals surface area contributed by atoms with E-state index in [0.29, 0.717) is 16.3 Å². The minimum absolute atomic E-state index is 0.223. The summed E-state index contributed by atoms with van der Waals surface area (Å²) in [4.78, 5) is 17.0. The summed E-state index contributed by atoms with van der Waals surface area (Å²) in [5.41, 5.74) is 2.77. The molecule has 0 aliphatic rings. The van der Waals surface area contributed by atoms with Crippen molar-refractivity contribution in [1.82, 2.24) is 10.3 Å². The molecule has 3 nitrogen and oxygen atoms in total. The highest BCUT2D eigenvalue weighted by Gasteiger charge is 2.15. The molecule has 1 amide bonds. The van der Waals surface area contributed by atoms with Gasteiger partial charge in [-0.1, -0.05) is 23.7 Å². The van der Waals surface area contributed by atoms with Gasteiger partial charge in [0.15, 0.2) is 0 Å². The Hall–Kier alpha value is -2.46. The smallest absolute Gasteiger partial charge is 0.253 e. The first-order valence-electron chi connectivity index (χ1n) is 7.57. The number of nitrogens with one attached hydrogen (secondary N) is 1. The Balaban J connectivity index is 1.87. The molecule has 24 heavy (non-hydrogen) atoms. The monoisotopic (exact) mass is 342 g/mol. The minimum atomic E-state index is -0.302. The largest absolute Gasteiger partial charge is 0.345 e. The van der Waals surface area contributed by atoms with E-state index in [2.05, 4.69) is 10.3 Å². The molecule has 1 heterocycles. The predicted octanol–water partition coefficient (Wildman–Crippen LogP) is 4.83. The molecule has 3 rings (SSSR count). The van der Waals surface area contributed by atoms with Crippen molar-refractivity contribution in [2.24, 2.45) is 0 Å². The molecule has 1 atom stereocenters. The first kappa shape index (κ1) is 16.4. The Kier molecular flexibility index (Phi) is 4.49. The Morgan fingerprint density at radius 3 is 2.58 bits per heavy atom. The third-order valence-corrected chi connectivity index (χ3v) is 4.16. The Morgan fingerprint density at radius 1 is 1.17 bits per heavy atom. The van der Waals surface area contributed by atoms with Gasteiger partial charge in [-0.2, -0.15) is 0 Å². The Bertz CT molecular complexity index is 909. The molecule has 0 aliphatic heterocycles. The fraction of sp³-hybridized carbons (Fsp3) is 0.158. The van der Waals surface area contributed by atoms with E-state index in [1.807, 2.05) is 13.0 Å². The van der Waals surface area contributed by atoms with Gasteiger partial charge in [-0.05, 0) is 55.8 Å². The van der Waals surface area contributed by atoms with Gasteiger partial charge in [0.25, 0.3) is 5.91 Å². The first-order chi connectivity index (χ1) is 11.4. The third kappa shape index (κ3) is 3.39. The van der Waals surface area contributed by atoms with Crippen LogP contribution in [0.3, 0.4) is 0 Å². The molecule has 1 aromatic heterocycles. The number of carbonyl (C=O) groups is 1. The van der Waals surface area contributed by atoms with Crippen LogP contribution in [0.4, 0.5) is 4.39 Å². The molecule has 5 heteroatoms. The zero-order valence-electron chi connectivity index (χ0n) is 13.3. The molecule has 1 unspecified atom stereocenters. The number of aromatic nitrogens is 1. The van der Waals surface area contributed by atoms with Gasteiger partial charge in [0.2, 0.25) is 0 Å². The van der Waals surface area contributed by atoms with Gasteiger partial charge in [0.05, 0.1) is 22.8 Å². The molecule has 0 saturated heterocycles. The molecule has 0 radical (unpaired) electrons. The van der Waals surface area contributed by atoms with Crippen molar-refractivity contribution in [1.29, 1.82) is 0 Å². The summed E-state index contributed by atoms with van der Waals surface area (Å²) in [6.45, 7) is 3.65. The van der Waals surface area contributed by atoms with Crippen molar-refractivity contribution in [3.63, 3.8) is 0 Å². The Morgan fingerprint density at radius 2 is 1.88 bits per heavy atom. The summed E-state index contributed by atoms with van der Waals surface area (Å²) in [5.74, 6) is -0.526. The van der Waals surface area contributed by atoms with Crippen LogP contribution in [0.15, 0.2) is 48.5 Å². The second-order valence-corrected chi connectivity index (χ2v) is 6.14. The zero-order valence-corrected chi connectivity index (χ0v) is 14.1. The van der Waals surface area contributed by atoms with Crippen LogP contribution in [0.2, 0.25) is 5.02 Å². The lowest BCUT2D eigenvalue weighted by atomic mass is 10.1. The van der Waals surface area contributed by atoms with Gasteiger partial charge in [0.1, 0.15) is 5.82 Å². The summed E-state index contributed by atoms with van der Waals surface area (Å²) in [6, 6.07) is 13.0. The molecule has 2 aromatic carbocycles. The first-order valence-corrected chi connectivity index (χ1v) is 7.95. The number of aryl methyl sites for hydroxylation is 1. The van der Waals surface area contributed by atoms with E-state index < -0.39 is 0 Å². The fourth-order valence-corrected chi connectivity index (χ4v) is 2.76. The van der Waals surface area contributed by atoms with Crippen molar-refractivity contribution in [3.05, 3.63) is 76.2 Å². The van der Waals surface area contributed by atoms with Crippen molar-refractivity contribution in [3.8, 4) is 0 Å². The van der Waals surface area contributed by atoms with Gasteiger partial charge in [0, 0.05) is 10.4 Å². The summed E-state index contributed by atoms with van der Waals surface area (Å²) in [6.07, 6.45) is 0. The van der Waals surface area contributed by atoms with E-state index in [-0.39, 0.29) is 17.8 Å². The van der Waals surface area contributed by atoms with E-state index in [1.165, 1.54) is 12.1 Å². The van der Waals surface area contributed by atoms with Crippen LogP contribution < -0.4 is 5.32 Å². The number of hydrogen-bond donors (Lipinski definition) is 1. The SMILES string of the molecule is Cc1nc2ccc(Cl)cc2cc1C(=O)NC(C)c1ccc(F)cc1. The van der Waals surface area contributed by atoms with Crippen LogP contribution in [-0.4, -0.2) is 10.9 Å². The van der Waals surface area contributed by atoms with E-state index in [4.69, 9.17) is 11.6 Å². The van der Waals surface area contributed by atoms with Crippen LogP contribution in [-0.2, 0) is 0 Å². The van der Waals surface area contributed by atoms with Gasteiger partial charge >= 0.3 is 0 Å². The number of halogens is 2. The van der Waals surface area contributed by atoms with Crippen LogP contribution >= 0.6 is 11.6 Å². The molecular formula is C19H16ClFN2O. The molecule has 0 aliphatic carbocycles. The molecular weight excluding hydrogens is 327 g/mol. The van der Waals surface area contributed by atoms with Crippen LogP contribution in [0.1, 0.15) is 34.6 Å². The number of rotatable bonds is 3. The summed E-state index contributed by atoms with van der Waals surface area (Å²) >= 11 is 6.01. The molecule has 0 saturated carbocycles. The summed E-state index contributed by atoms with van der Waals surface area (Å²) in [5, 5.41) is 4.33. The summed E-state index contributed by atoms with van der Waals surface area (Å²) in [7, 11) is 0. The molecule has 122 valence electrons. The van der Waals surface area contributed by atoms with E-state index >= 15 is 0 Å². The topological polar surface area (TPSA) is 42.0 Å². The number of hydrogen-bond acceptors (Lipinski definition) is 2.